The monoisotopic (exact) mass is 272 g/mol. The van der Waals surface area contributed by atoms with Crippen LogP contribution in [-0.4, -0.2) is 18.4 Å². The van der Waals surface area contributed by atoms with E-state index in [-0.39, 0.29) is 18.9 Å². The topological polar surface area (TPSA) is 85.3 Å². The number of carbonyl (C=O) groups is 2. The van der Waals surface area contributed by atoms with Gasteiger partial charge in [-0.05, 0) is 12.1 Å². The molecule has 0 aliphatic rings. The third-order valence-electron chi connectivity index (χ3n) is 2.78. The number of amides is 2. The Morgan fingerprint density at radius 3 is 2.55 bits per heavy atom. The Labute approximate surface area is 116 Å². The number of nitrogens with one attached hydrogen (secondary N) is 1. The fourth-order valence-corrected chi connectivity index (χ4v) is 1.78. The summed E-state index contributed by atoms with van der Waals surface area (Å²) in [5.41, 5.74) is 5.94. The van der Waals surface area contributed by atoms with Crippen LogP contribution in [0.1, 0.15) is 12.2 Å². The van der Waals surface area contributed by atoms with E-state index >= 15 is 0 Å². The highest BCUT2D eigenvalue weighted by Gasteiger charge is 2.07. The van der Waals surface area contributed by atoms with Crippen LogP contribution in [0.15, 0.2) is 46.9 Å². The number of nitrogens with two attached hydrogens (primary N) is 1. The fraction of sp³-hybridized carbons (Fsp3) is 0.200. The van der Waals surface area contributed by atoms with E-state index in [0.717, 1.165) is 17.1 Å². The minimum Gasteiger partial charge on any atom is -0.461 e. The van der Waals surface area contributed by atoms with Crippen LogP contribution in [0.5, 0.6) is 0 Å². The first-order valence-electron chi connectivity index (χ1n) is 6.34. The lowest BCUT2D eigenvalue weighted by Gasteiger charge is -2.01. The lowest BCUT2D eigenvalue weighted by atomic mass is 10.2. The molecule has 1 heterocycles. The number of primary amides is 1. The predicted octanol–water partition coefficient (Wildman–Crippen LogP) is 1.48. The highest BCUT2D eigenvalue weighted by Crippen LogP contribution is 2.22. The van der Waals surface area contributed by atoms with Gasteiger partial charge in [-0.1, -0.05) is 30.3 Å². The van der Waals surface area contributed by atoms with Crippen molar-refractivity contribution in [1.29, 1.82) is 0 Å². The summed E-state index contributed by atoms with van der Waals surface area (Å²) in [6.45, 7) is -0.133. The maximum Gasteiger partial charge on any atom is 0.236 e. The van der Waals surface area contributed by atoms with Crippen LogP contribution in [-0.2, 0) is 16.0 Å². The predicted molar refractivity (Wildman–Crippen MR) is 74.7 cm³/mol. The molecular weight excluding hydrogens is 256 g/mol. The zero-order valence-corrected chi connectivity index (χ0v) is 11.0. The van der Waals surface area contributed by atoms with Crippen molar-refractivity contribution in [1.82, 2.24) is 5.32 Å². The standard InChI is InChI=1S/C15H16N2O3/c16-14(18)10-17-15(19)9-7-12-6-8-13(20-12)11-4-2-1-3-5-11/h1-6,8H,7,9-10H2,(H2,16,18)(H,17,19). The zero-order valence-electron chi connectivity index (χ0n) is 11.0. The van der Waals surface area contributed by atoms with Crippen molar-refractivity contribution in [2.24, 2.45) is 5.73 Å². The van der Waals surface area contributed by atoms with Gasteiger partial charge in [0.05, 0.1) is 6.54 Å². The highest BCUT2D eigenvalue weighted by atomic mass is 16.3. The van der Waals surface area contributed by atoms with Crippen molar-refractivity contribution in [2.75, 3.05) is 6.54 Å². The minimum absolute atomic E-state index is 0.133. The smallest absolute Gasteiger partial charge is 0.236 e. The van der Waals surface area contributed by atoms with Gasteiger partial charge in [0.25, 0.3) is 0 Å². The number of benzene rings is 1. The largest absolute Gasteiger partial charge is 0.461 e. The highest BCUT2D eigenvalue weighted by molar-refractivity contribution is 5.83. The second-order valence-electron chi connectivity index (χ2n) is 4.38. The van der Waals surface area contributed by atoms with Gasteiger partial charge in [0, 0.05) is 18.4 Å². The van der Waals surface area contributed by atoms with Gasteiger partial charge in [0.2, 0.25) is 11.8 Å². The molecule has 2 rings (SSSR count). The summed E-state index contributed by atoms with van der Waals surface area (Å²) in [5.74, 6) is 0.736. The third-order valence-corrected chi connectivity index (χ3v) is 2.78. The first kappa shape index (κ1) is 13.9. The van der Waals surface area contributed by atoms with Gasteiger partial charge < -0.3 is 15.5 Å². The minimum atomic E-state index is -0.553. The van der Waals surface area contributed by atoms with E-state index in [0.29, 0.717) is 6.42 Å². The fourth-order valence-electron chi connectivity index (χ4n) is 1.78. The molecule has 0 atom stereocenters. The number of carbonyl (C=O) groups excluding carboxylic acids is 2. The Morgan fingerprint density at radius 1 is 1.10 bits per heavy atom. The van der Waals surface area contributed by atoms with Crippen molar-refractivity contribution < 1.29 is 14.0 Å². The summed E-state index contributed by atoms with van der Waals surface area (Å²) in [7, 11) is 0. The average Bonchev–Trinajstić information content (AvgIpc) is 2.93. The Bertz CT molecular complexity index is 590. The lowest BCUT2D eigenvalue weighted by Crippen LogP contribution is -2.33. The summed E-state index contributed by atoms with van der Waals surface area (Å²) >= 11 is 0. The number of hydrogen-bond donors (Lipinski definition) is 2. The van der Waals surface area contributed by atoms with E-state index in [1.165, 1.54) is 0 Å². The van der Waals surface area contributed by atoms with E-state index in [1.54, 1.807) is 0 Å². The Hall–Kier alpha value is -2.56. The van der Waals surface area contributed by atoms with Crippen LogP contribution in [0.3, 0.4) is 0 Å². The van der Waals surface area contributed by atoms with Crippen molar-refractivity contribution >= 4 is 11.8 Å². The molecule has 3 N–H and O–H groups in total. The Balaban J connectivity index is 1.87. The second-order valence-corrected chi connectivity index (χ2v) is 4.38. The number of aryl methyl sites for hydroxylation is 1. The molecule has 0 spiro atoms. The van der Waals surface area contributed by atoms with E-state index < -0.39 is 5.91 Å². The van der Waals surface area contributed by atoms with Crippen LogP contribution < -0.4 is 11.1 Å². The van der Waals surface area contributed by atoms with Gasteiger partial charge in [0.15, 0.2) is 0 Å². The molecule has 104 valence electrons. The molecule has 0 saturated carbocycles. The number of rotatable bonds is 6. The summed E-state index contributed by atoms with van der Waals surface area (Å²) in [6, 6.07) is 13.5. The molecule has 1 aromatic carbocycles. The first-order chi connectivity index (χ1) is 9.65. The van der Waals surface area contributed by atoms with E-state index in [9.17, 15) is 9.59 Å². The summed E-state index contributed by atoms with van der Waals surface area (Å²) in [6.07, 6.45) is 0.743. The molecule has 0 saturated heterocycles. The van der Waals surface area contributed by atoms with Gasteiger partial charge in [-0.15, -0.1) is 0 Å². The molecule has 5 nitrogen and oxygen atoms in total. The number of hydrogen-bond acceptors (Lipinski definition) is 3. The molecule has 0 radical (unpaired) electrons. The second kappa shape index (κ2) is 6.56. The Kier molecular flexibility index (Phi) is 4.55. The summed E-state index contributed by atoms with van der Waals surface area (Å²) in [5, 5.41) is 2.44. The van der Waals surface area contributed by atoms with E-state index in [4.69, 9.17) is 10.2 Å². The molecule has 1 aromatic heterocycles. The Morgan fingerprint density at radius 2 is 1.85 bits per heavy atom. The van der Waals surface area contributed by atoms with Gasteiger partial charge in [-0.25, -0.2) is 0 Å². The van der Waals surface area contributed by atoms with Gasteiger partial charge in [-0.2, -0.15) is 0 Å². The van der Waals surface area contributed by atoms with Crippen LogP contribution in [0, 0.1) is 0 Å². The molecule has 0 fully saturated rings. The third kappa shape index (κ3) is 3.98. The van der Waals surface area contributed by atoms with E-state index in [2.05, 4.69) is 5.32 Å². The van der Waals surface area contributed by atoms with Crippen LogP contribution in [0.25, 0.3) is 11.3 Å². The molecular formula is C15H16N2O3. The SMILES string of the molecule is NC(=O)CNC(=O)CCc1ccc(-c2ccccc2)o1. The van der Waals surface area contributed by atoms with Gasteiger partial charge >= 0.3 is 0 Å². The summed E-state index contributed by atoms with van der Waals surface area (Å²) < 4.78 is 5.67. The molecule has 0 aliphatic carbocycles. The van der Waals surface area contributed by atoms with Crippen molar-refractivity contribution in [2.45, 2.75) is 12.8 Å². The molecule has 0 bridgehead atoms. The molecule has 0 unspecified atom stereocenters. The average molecular weight is 272 g/mol. The van der Waals surface area contributed by atoms with Crippen molar-refractivity contribution in [3.05, 3.63) is 48.2 Å². The molecule has 5 heteroatoms. The molecule has 2 amide bonds. The normalized spacial score (nSPS) is 10.2. The van der Waals surface area contributed by atoms with Crippen molar-refractivity contribution in [3.8, 4) is 11.3 Å². The molecule has 0 aliphatic heterocycles. The maximum absolute atomic E-state index is 11.4. The van der Waals surface area contributed by atoms with Crippen LogP contribution in [0.4, 0.5) is 0 Å². The summed E-state index contributed by atoms with van der Waals surface area (Å²) in [4.78, 5) is 22.0. The van der Waals surface area contributed by atoms with Gasteiger partial charge in [0.1, 0.15) is 11.5 Å². The van der Waals surface area contributed by atoms with Gasteiger partial charge in [-0.3, -0.25) is 9.59 Å². The van der Waals surface area contributed by atoms with E-state index in [1.807, 2.05) is 42.5 Å². The maximum atomic E-state index is 11.4. The van der Waals surface area contributed by atoms with Crippen LogP contribution in [0.2, 0.25) is 0 Å². The number of furan rings is 1. The quantitative estimate of drug-likeness (QED) is 0.835. The lowest BCUT2D eigenvalue weighted by molar-refractivity contribution is -0.124. The zero-order chi connectivity index (χ0) is 14.4. The first-order valence-corrected chi connectivity index (χ1v) is 6.34. The molecule has 20 heavy (non-hydrogen) atoms. The van der Waals surface area contributed by atoms with Crippen LogP contribution >= 0.6 is 0 Å². The molecule has 2 aromatic rings. The van der Waals surface area contributed by atoms with Crippen molar-refractivity contribution in [3.63, 3.8) is 0 Å².